The normalized spacial score (nSPS) is 22.9. The predicted molar refractivity (Wildman–Crippen MR) is 68.8 cm³/mol. The summed E-state index contributed by atoms with van der Waals surface area (Å²) in [6, 6.07) is 6.26. The van der Waals surface area contributed by atoms with E-state index in [0.717, 1.165) is 5.56 Å². The zero-order chi connectivity index (χ0) is 14.0. The van der Waals surface area contributed by atoms with Crippen molar-refractivity contribution in [3.8, 4) is 0 Å². The minimum atomic E-state index is -0.532. The van der Waals surface area contributed by atoms with Gasteiger partial charge in [-0.3, -0.25) is 0 Å². The highest BCUT2D eigenvalue weighted by Crippen LogP contribution is 2.39. The highest BCUT2D eigenvalue weighted by molar-refractivity contribution is 5.89. The third-order valence-corrected chi connectivity index (χ3v) is 3.54. The van der Waals surface area contributed by atoms with Gasteiger partial charge in [-0.2, -0.15) is 0 Å². The lowest BCUT2D eigenvalue weighted by Gasteiger charge is -2.36. The first-order chi connectivity index (χ1) is 8.96. The molecule has 3 nitrogen and oxygen atoms in total. The first-order valence-electron chi connectivity index (χ1n) is 6.19. The molecule has 0 amide bonds. The van der Waals surface area contributed by atoms with Gasteiger partial charge in [-0.25, -0.2) is 9.18 Å². The molecular weight excluding hydrogens is 247 g/mol. The van der Waals surface area contributed by atoms with Crippen LogP contribution in [0, 0.1) is 5.82 Å². The molecule has 1 aromatic carbocycles. The van der Waals surface area contributed by atoms with Crippen molar-refractivity contribution < 1.29 is 18.7 Å². The molecule has 0 N–H and O–H groups in total. The zero-order valence-corrected chi connectivity index (χ0v) is 11.3. The minimum absolute atomic E-state index is 0.273. The Bertz CT molecular complexity index is 519. The van der Waals surface area contributed by atoms with Crippen LogP contribution in [0.15, 0.2) is 35.6 Å². The monoisotopic (exact) mass is 264 g/mol. The van der Waals surface area contributed by atoms with Gasteiger partial charge in [-0.05, 0) is 44.4 Å². The Hall–Kier alpha value is -1.84. The van der Waals surface area contributed by atoms with E-state index in [-0.39, 0.29) is 11.8 Å². The lowest BCUT2D eigenvalue weighted by molar-refractivity contribution is -0.137. The maximum absolute atomic E-state index is 13.0. The van der Waals surface area contributed by atoms with Crippen molar-refractivity contribution in [2.75, 3.05) is 7.11 Å². The first kappa shape index (κ1) is 13.6. The van der Waals surface area contributed by atoms with Crippen molar-refractivity contribution in [1.29, 1.82) is 0 Å². The number of carbonyl (C=O) groups excluding carboxylic acids is 1. The van der Waals surface area contributed by atoms with Crippen molar-refractivity contribution in [2.24, 2.45) is 0 Å². The maximum atomic E-state index is 13.0. The van der Waals surface area contributed by atoms with E-state index in [4.69, 9.17) is 9.47 Å². The first-order valence-corrected chi connectivity index (χ1v) is 6.19. The number of allylic oxidation sites excluding steroid dienone is 1. The molecule has 0 aliphatic carbocycles. The lowest BCUT2D eigenvalue weighted by atomic mass is 9.86. The molecule has 2 rings (SSSR count). The number of hydrogen-bond acceptors (Lipinski definition) is 3. The highest BCUT2D eigenvalue weighted by atomic mass is 19.1. The smallest absolute Gasteiger partial charge is 0.337 e. The van der Waals surface area contributed by atoms with Gasteiger partial charge >= 0.3 is 5.97 Å². The number of ether oxygens (including phenoxy) is 2. The Morgan fingerprint density at radius 1 is 1.37 bits per heavy atom. The number of esters is 1. The molecule has 0 spiro atoms. The van der Waals surface area contributed by atoms with E-state index in [2.05, 4.69) is 0 Å². The van der Waals surface area contributed by atoms with Crippen molar-refractivity contribution in [3.05, 3.63) is 47.0 Å². The summed E-state index contributed by atoms with van der Waals surface area (Å²) in [4.78, 5) is 11.6. The fraction of sp³-hybridized carbons (Fsp3) is 0.400. The summed E-state index contributed by atoms with van der Waals surface area (Å²) in [7, 11) is 1.36. The molecule has 1 aromatic rings. The molecule has 0 bridgehead atoms. The molecular formula is C15H17FO3. The molecule has 0 fully saturated rings. The van der Waals surface area contributed by atoms with Gasteiger partial charge in [0.15, 0.2) is 0 Å². The average molecular weight is 264 g/mol. The summed E-state index contributed by atoms with van der Waals surface area (Å²) in [5.41, 5.74) is 0.939. The second-order valence-corrected chi connectivity index (χ2v) is 4.87. The standard InChI is InChI=1S/C15H17FO3/c1-10-13(14(17)18-3)8-9-15(2,19-10)11-4-6-12(16)7-5-11/h4-7H,8-9H2,1-3H3. The summed E-state index contributed by atoms with van der Waals surface area (Å²) < 4.78 is 23.6. The van der Waals surface area contributed by atoms with E-state index in [1.807, 2.05) is 6.92 Å². The molecule has 1 atom stereocenters. The molecule has 0 saturated heterocycles. The molecule has 4 heteroatoms. The molecule has 102 valence electrons. The molecule has 1 heterocycles. The van der Waals surface area contributed by atoms with Crippen LogP contribution >= 0.6 is 0 Å². The van der Waals surface area contributed by atoms with Gasteiger partial charge in [0, 0.05) is 0 Å². The van der Waals surface area contributed by atoms with Crippen LogP contribution in [0.4, 0.5) is 4.39 Å². The van der Waals surface area contributed by atoms with E-state index in [1.54, 1.807) is 19.1 Å². The molecule has 1 aliphatic rings. The number of carbonyl (C=O) groups is 1. The quantitative estimate of drug-likeness (QED) is 0.769. The van der Waals surface area contributed by atoms with Gasteiger partial charge in [0.1, 0.15) is 17.2 Å². The average Bonchev–Trinajstić information content (AvgIpc) is 2.38. The summed E-state index contributed by atoms with van der Waals surface area (Å²) in [5.74, 6) is -0.0470. The largest absolute Gasteiger partial charge is 0.487 e. The summed E-state index contributed by atoms with van der Waals surface area (Å²) in [5, 5.41) is 0. The number of benzene rings is 1. The Morgan fingerprint density at radius 3 is 2.53 bits per heavy atom. The fourth-order valence-electron chi connectivity index (χ4n) is 2.36. The summed E-state index contributed by atoms with van der Waals surface area (Å²) in [6.07, 6.45) is 1.24. The third kappa shape index (κ3) is 2.62. The van der Waals surface area contributed by atoms with Crippen molar-refractivity contribution in [3.63, 3.8) is 0 Å². The molecule has 1 unspecified atom stereocenters. The lowest BCUT2D eigenvalue weighted by Crippen LogP contribution is -2.30. The van der Waals surface area contributed by atoms with Crippen LogP contribution in [0.3, 0.4) is 0 Å². The Balaban J connectivity index is 2.27. The van der Waals surface area contributed by atoms with E-state index < -0.39 is 5.60 Å². The van der Waals surface area contributed by atoms with Crippen LogP contribution in [0.2, 0.25) is 0 Å². The van der Waals surface area contributed by atoms with Crippen LogP contribution < -0.4 is 0 Å². The number of methoxy groups -OCH3 is 1. The van der Waals surface area contributed by atoms with Crippen LogP contribution in [0.1, 0.15) is 32.3 Å². The highest BCUT2D eigenvalue weighted by Gasteiger charge is 2.35. The Morgan fingerprint density at radius 2 is 2.00 bits per heavy atom. The Kier molecular flexibility index (Phi) is 3.60. The van der Waals surface area contributed by atoms with E-state index in [1.165, 1.54) is 19.2 Å². The van der Waals surface area contributed by atoms with Gasteiger partial charge in [0.05, 0.1) is 12.7 Å². The topological polar surface area (TPSA) is 35.5 Å². The van der Waals surface area contributed by atoms with Crippen LogP contribution in [0.25, 0.3) is 0 Å². The second-order valence-electron chi connectivity index (χ2n) is 4.87. The van der Waals surface area contributed by atoms with Crippen LogP contribution in [-0.4, -0.2) is 13.1 Å². The third-order valence-electron chi connectivity index (χ3n) is 3.54. The van der Waals surface area contributed by atoms with Gasteiger partial charge in [0.25, 0.3) is 0 Å². The molecule has 1 aliphatic heterocycles. The van der Waals surface area contributed by atoms with Crippen molar-refractivity contribution >= 4 is 5.97 Å². The van der Waals surface area contributed by atoms with E-state index >= 15 is 0 Å². The summed E-state index contributed by atoms with van der Waals surface area (Å²) >= 11 is 0. The van der Waals surface area contributed by atoms with Crippen LogP contribution in [-0.2, 0) is 19.9 Å². The predicted octanol–water partition coefficient (Wildman–Crippen LogP) is 3.30. The Labute approximate surface area is 112 Å². The minimum Gasteiger partial charge on any atom is -0.487 e. The van der Waals surface area contributed by atoms with Gasteiger partial charge < -0.3 is 9.47 Å². The van der Waals surface area contributed by atoms with Crippen molar-refractivity contribution in [1.82, 2.24) is 0 Å². The van der Waals surface area contributed by atoms with Crippen LogP contribution in [0.5, 0.6) is 0 Å². The number of hydrogen-bond donors (Lipinski definition) is 0. The van der Waals surface area contributed by atoms with E-state index in [0.29, 0.717) is 24.2 Å². The zero-order valence-electron chi connectivity index (χ0n) is 11.3. The SMILES string of the molecule is COC(=O)C1=C(C)OC(C)(c2ccc(F)cc2)CC1. The van der Waals surface area contributed by atoms with Crippen molar-refractivity contribution in [2.45, 2.75) is 32.3 Å². The number of rotatable bonds is 2. The number of halogens is 1. The summed E-state index contributed by atoms with van der Waals surface area (Å²) in [6.45, 7) is 3.70. The van der Waals surface area contributed by atoms with Gasteiger partial charge in [-0.15, -0.1) is 0 Å². The molecule has 0 aromatic heterocycles. The molecule has 19 heavy (non-hydrogen) atoms. The molecule has 0 radical (unpaired) electrons. The second kappa shape index (κ2) is 5.03. The van der Waals surface area contributed by atoms with E-state index in [9.17, 15) is 9.18 Å². The fourth-order valence-corrected chi connectivity index (χ4v) is 2.36. The van der Waals surface area contributed by atoms with Gasteiger partial charge in [-0.1, -0.05) is 12.1 Å². The molecule has 0 saturated carbocycles. The maximum Gasteiger partial charge on any atom is 0.337 e. The van der Waals surface area contributed by atoms with Gasteiger partial charge in [0.2, 0.25) is 0 Å².